The van der Waals surface area contributed by atoms with E-state index in [1.54, 1.807) is 31.4 Å². The number of rotatable bonds is 6. The molecule has 0 spiro atoms. The first kappa shape index (κ1) is 21.3. The Morgan fingerprint density at radius 2 is 1.87 bits per heavy atom. The molecule has 0 bridgehead atoms. The van der Waals surface area contributed by atoms with Crippen LogP contribution in [-0.2, 0) is 16.0 Å². The molecule has 0 unspecified atom stereocenters. The number of hydrogen-bond acceptors (Lipinski definition) is 6. The Morgan fingerprint density at radius 1 is 1.17 bits per heavy atom. The van der Waals surface area contributed by atoms with Gasteiger partial charge in [-0.1, -0.05) is 30.0 Å². The second kappa shape index (κ2) is 9.37. The molecule has 0 aromatic heterocycles. The van der Waals surface area contributed by atoms with Crippen molar-refractivity contribution in [1.29, 1.82) is 5.26 Å². The summed E-state index contributed by atoms with van der Waals surface area (Å²) in [6, 6.07) is 16.4. The van der Waals surface area contributed by atoms with Crippen LogP contribution in [0.4, 0.5) is 5.69 Å². The first-order valence-electron chi connectivity index (χ1n) is 9.16. The molecule has 1 aliphatic heterocycles. The van der Waals surface area contributed by atoms with Crippen molar-refractivity contribution in [2.45, 2.75) is 11.7 Å². The number of thioether (sulfide) groups is 1. The Labute approximate surface area is 179 Å². The molecule has 0 radical (unpaired) electrons. The second-order valence-corrected chi connectivity index (χ2v) is 7.60. The molecule has 0 saturated carbocycles. The number of amides is 2. The highest BCUT2D eigenvalue weighted by Crippen LogP contribution is 2.42. The minimum absolute atomic E-state index is 0.101. The Balaban J connectivity index is 2.02. The van der Waals surface area contributed by atoms with Gasteiger partial charge in [0.2, 0.25) is 5.91 Å². The standard InChI is InChI=1S/C22H21N3O4S/c1-24-20(26)18(13-23)22-25(15-5-4-6-17(12-15)29-3)21(27)19(30-22)11-14-7-9-16(28-2)10-8-14/h4-10,12,19H,11H2,1-3H3,(H,24,26)/b22-18+/t19-/m1/s1. The van der Waals surface area contributed by atoms with Gasteiger partial charge in [0.25, 0.3) is 5.91 Å². The van der Waals surface area contributed by atoms with Gasteiger partial charge in [0.1, 0.15) is 28.2 Å². The van der Waals surface area contributed by atoms with E-state index in [0.29, 0.717) is 22.9 Å². The Kier molecular flexibility index (Phi) is 6.65. The summed E-state index contributed by atoms with van der Waals surface area (Å²) in [4.78, 5) is 27.1. The summed E-state index contributed by atoms with van der Waals surface area (Å²) >= 11 is 1.22. The zero-order valence-electron chi connectivity index (χ0n) is 16.8. The Bertz CT molecular complexity index is 1030. The molecule has 1 N–H and O–H groups in total. The van der Waals surface area contributed by atoms with Crippen LogP contribution >= 0.6 is 11.8 Å². The van der Waals surface area contributed by atoms with Crippen molar-refractivity contribution in [2.24, 2.45) is 0 Å². The lowest BCUT2D eigenvalue weighted by Gasteiger charge is -2.19. The van der Waals surface area contributed by atoms with Crippen molar-refractivity contribution < 1.29 is 19.1 Å². The highest BCUT2D eigenvalue weighted by atomic mass is 32.2. The van der Waals surface area contributed by atoms with Gasteiger partial charge in [-0.05, 0) is 36.2 Å². The van der Waals surface area contributed by atoms with Crippen molar-refractivity contribution >= 4 is 29.3 Å². The van der Waals surface area contributed by atoms with E-state index in [4.69, 9.17) is 9.47 Å². The highest BCUT2D eigenvalue weighted by Gasteiger charge is 2.40. The minimum Gasteiger partial charge on any atom is -0.497 e. The van der Waals surface area contributed by atoms with Gasteiger partial charge in [-0.3, -0.25) is 14.5 Å². The van der Waals surface area contributed by atoms with Gasteiger partial charge in [0.15, 0.2) is 0 Å². The van der Waals surface area contributed by atoms with Crippen LogP contribution in [0.2, 0.25) is 0 Å². The average molecular weight is 423 g/mol. The van der Waals surface area contributed by atoms with Gasteiger partial charge in [0, 0.05) is 13.1 Å². The molecule has 1 heterocycles. The fourth-order valence-corrected chi connectivity index (χ4v) is 4.38. The van der Waals surface area contributed by atoms with Crippen LogP contribution in [0.5, 0.6) is 11.5 Å². The van der Waals surface area contributed by atoms with Gasteiger partial charge in [0.05, 0.1) is 25.2 Å². The fraction of sp³-hybridized carbons (Fsp3) is 0.227. The monoisotopic (exact) mass is 423 g/mol. The molecule has 1 fully saturated rings. The van der Waals surface area contributed by atoms with E-state index in [-0.39, 0.29) is 11.5 Å². The third-order valence-corrected chi connectivity index (χ3v) is 5.89. The third kappa shape index (κ3) is 4.26. The van der Waals surface area contributed by atoms with Crippen molar-refractivity contribution in [3.8, 4) is 17.6 Å². The molecule has 1 aliphatic rings. The Hall–Kier alpha value is -3.44. The third-order valence-electron chi connectivity index (χ3n) is 4.62. The normalized spacial score (nSPS) is 17.3. The van der Waals surface area contributed by atoms with E-state index >= 15 is 0 Å². The molecule has 1 saturated heterocycles. The van der Waals surface area contributed by atoms with Crippen molar-refractivity contribution in [2.75, 3.05) is 26.2 Å². The summed E-state index contributed by atoms with van der Waals surface area (Å²) in [6.45, 7) is 0. The van der Waals surface area contributed by atoms with Gasteiger partial charge in [-0.25, -0.2) is 0 Å². The maximum Gasteiger partial charge on any atom is 0.264 e. The first-order valence-corrected chi connectivity index (χ1v) is 10.0. The smallest absolute Gasteiger partial charge is 0.264 e. The number of likely N-dealkylation sites (N-methyl/N-ethyl adjacent to an activating group) is 1. The summed E-state index contributed by atoms with van der Waals surface area (Å²) in [5.74, 6) is 0.567. The van der Waals surface area contributed by atoms with E-state index in [1.165, 1.54) is 30.8 Å². The van der Waals surface area contributed by atoms with Gasteiger partial charge >= 0.3 is 0 Å². The first-order chi connectivity index (χ1) is 14.5. The number of benzene rings is 2. The predicted octanol–water partition coefficient (Wildman–Crippen LogP) is 2.88. The SMILES string of the molecule is CNC(=O)/C(C#N)=C1/S[C@H](Cc2ccc(OC)cc2)C(=O)N1c1cccc(OC)c1. The van der Waals surface area contributed by atoms with Crippen LogP contribution in [0.1, 0.15) is 5.56 Å². The zero-order chi connectivity index (χ0) is 21.7. The molecular weight excluding hydrogens is 402 g/mol. The fourth-order valence-electron chi connectivity index (χ4n) is 3.07. The Morgan fingerprint density at radius 3 is 2.47 bits per heavy atom. The summed E-state index contributed by atoms with van der Waals surface area (Å²) in [5.41, 5.74) is 1.39. The molecule has 7 nitrogen and oxygen atoms in total. The molecule has 2 aromatic carbocycles. The summed E-state index contributed by atoms with van der Waals surface area (Å²) in [5, 5.41) is 11.9. The number of hydrogen-bond donors (Lipinski definition) is 1. The minimum atomic E-state index is -0.536. The largest absolute Gasteiger partial charge is 0.497 e. The number of carbonyl (C=O) groups excluding carboxylic acids is 2. The van der Waals surface area contributed by atoms with Crippen molar-refractivity contribution in [3.63, 3.8) is 0 Å². The molecule has 30 heavy (non-hydrogen) atoms. The number of carbonyl (C=O) groups is 2. The predicted molar refractivity (Wildman–Crippen MR) is 115 cm³/mol. The van der Waals surface area contributed by atoms with E-state index in [1.807, 2.05) is 30.3 Å². The van der Waals surface area contributed by atoms with Crippen molar-refractivity contribution in [3.05, 3.63) is 64.7 Å². The summed E-state index contributed by atoms with van der Waals surface area (Å²) in [7, 11) is 4.58. The quantitative estimate of drug-likeness (QED) is 0.567. The van der Waals surface area contributed by atoms with Crippen LogP contribution in [-0.4, -0.2) is 38.3 Å². The highest BCUT2D eigenvalue weighted by molar-refractivity contribution is 8.05. The number of nitrogens with zero attached hydrogens (tertiary/aromatic N) is 2. The maximum absolute atomic E-state index is 13.3. The number of ether oxygens (including phenoxy) is 2. The maximum atomic E-state index is 13.3. The van der Waals surface area contributed by atoms with Crippen molar-refractivity contribution in [1.82, 2.24) is 5.32 Å². The molecule has 1 atom stereocenters. The lowest BCUT2D eigenvalue weighted by atomic mass is 10.1. The number of nitrogens with one attached hydrogen (secondary N) is 1. The summed E-state index contributed by atoms with van der Waals surface area (Å²) < 4.78 is 10.4. The molecule has 154 valence electrons. The van der Waals surface area contributed by atoms with Crippen LogP contribution < -0.4 is 19.7 Å². The average Bonchev–Trinajstić information content (AvgIpc) is 3.10. The van der Waals surface area contributed by atoms with E-state index < -0.39 is 11.2 Å². The van der Waals surface area contributed by atoms with Crippen LogP contribution in [0.25, 0.3) is 0 Å². The molecule has 3 rings (SSSR count). The molecule has 0 aliphatic carbocycles. The molecule has 2 aromatic rings. The van der Waals surface area contributed by atoms with E-state index in [2.05, 4.69) is 5.32 Å². The van der Waals surface area contributed by atoms with Crippen LogP contribution in [0, 0.1) is 11.3 Å². The van der Waals surface area contributed by atoms with E-state index in [9.17, 15) is 14.9 Å². The van der Waals surface area contributed by atoms with Crippen LogP contribution in [0.3, 0.4) is 0 Å². The molecule has 2 amide bonds. The summed E-state index contributed by atoms with van der Waals surface area (Å²) in [6.07, 6.45) is 0.448. The topological polar surface area (TPSA) is 91.7 Å². The molecular formula is C22H21N3O4S. The number of anilines is 1. The number of methoxy groups -OCH3 is 2. The lowest BCUT2D eigenvalue weighted by Crippen LogP contribution is -2.31. The molecule has 8 heteroatoms. The zero-order valence-corrected chi connectivity index (χ0v) is 17.7. The van der Waals surface area contributed by atoms with Crippen LogP contribution in [0.15, 0.2) is 59.1 Å². The second-order valence-electron chi connectivity index (χ2n) is 6.40. The van der Waals surface area contributed by atoms with E-state index in [0.717, 1.165) is 11.3 Å². The number of nitriles is 1. The lowest BCUT2D eigenvalue weighted by molar-refractivity contribution is -0.117. The van der Waals surface area contributed by atoms with Gasteiger partial charge in [-0.2, -0.15) is 5.26 Å². The van der Waals surface area contributed by atoms with Gasteiger partial charge in [-0.15, -0.1) is 0 Å². The van der Waals surface area contributed by atoms with Gasteiger partial charge < -0.3 is 14.8 Å².